The Morgan fingerprint density at radius 3 is 1.87 bits per heavy atom. The van der Waals surface area contributed by atoms with E-state index in [4.69, 9.17) is 19.9 Å². The third kappa shape index (κ3) is 4.67. The molecule has 0 aliphatic rings. The highest BCUT2D eigenvalue weighted by molar-refractivity contribution is 6.25. The van der Waals surface area contributed by atoms with Crippen LogP contribution in [-0.2, 0) is 0 Å². The summed E-state index contributed by atoms with van der Waals surface area (Å²) < 4.78 is 4.62. The summed E-state index contributed by atoms with van der Waals surface area (Å²) in [6.45, 7) is 0. The van der Waals surface area contributed by atoms with Gasteiger partial charge in [0.2, 0.25) is 0 Å². The van der Waals surface area contributed by atoms with Gasteiger partial charge in [0, 0.05) is 55.8 Å². The fourth-order valence-electron chi connectivity index (χ4n) is 7.32. The van der Waals surface area contributed by atoms with Gasteiger partial charge in [0.15, 0.2) is 17.5 Å². The smallest absolute Gasteiger partial charge is 0.164 e. The van der Waals surface area contributed by atoms with Gasteiger partial charge >= 0.3 is 0 Å². The lowest BCUT2D eigenvalue weighted by atomic mass is 10.1. The van der Waals surface area contributed by atoms with Crippen LogP contribution in [0.3, 0.4) is 0 Å². The van der Waals surface area contributed by atoms with Crippen molar-refractivity contribution in [1.82, 2.24) is 29.1 Å². The van der Waals surface area contributed by atoms with E-state index < -0.39 is 0 Å². The summed E-state index contributed by atoms with van der Waals surface area (Å²) in [6.07, 6.45) is 1.86. The summed E-state index contributed by atoms with van der Waals surface area (Å²) in [5.74, 6) is 1.66. The van der Waals surface area contributed by atoms with Gasteiger partial charge in [0.05, 0.1) is 28.2 Å². The first-order valence-corrected chi connectivity index (χ1v) is 17.0. The summed E-state index contributed by atoms with van der Waals surface area (Å²) in [5, 5.41) is 13.9. The molecule has 0 atom stereocenters. The number of para-hydroxylation sites is 2. The van der Waals surface area contributed by atoms with Gasteiger partial charge in [-0.1, -0.05) is 84.9 Å². The topological polar surface area (TPSA) is 85.2 Å². The quantitative estimate of drug-likeness (QED) is 0.183. The highest BCUT2D eigenvalue weighted by Crippen LogP contribution is 2.41. The molecule has 6 aromatic carbocycles. The molecule has 0 fully saturated rings. The van der Waals surface area contributed by atoms with Crippen molar-refractivity contribution in [2.45, 2.75) is 0 Å². The van der Waals surface area contributed by atoms with Crippen molar-refractivity contribution in [3.63, 3.8) is 0 Å². The predicted octanol–water partition coefficient (Wildman–Crippen LogP) is 10.3. The molecule has 0 aliphatic heterocycles. The number of hydrogen-bond acceptors (Lipinski definition) is 5. The molecule has 242 valence electrons. The number of nitriles is 1. The predicted molar refractivity (Wildman–Crippen MR) is 207 cm³/mol. The second kappa shape index (κ2) is 11.9. The number of aromatic nitrogens is 6. The summed E-state index contributed by atoms with van der Waals surface area (Å²) in [4.78, 5) is 19.8. The lowest BCUT2D eigenvalue weighted by Crippen LogP contribution is -2.01. The van der Waals surface area contributed by atoms with E-state index in [1.165, 1.54) is 5.39 Å². The van der Waals surface area contributed by atoms with Crippen LogP contribution in [0.5, 0.6) is 0 Å². The maximum atomic E-state index is 9.39. The van der Waals surface area contributed by atoms with E-state index in [1.54, 1.807) is 12.1 Å². The van der Waals surface area contributed by atoms with Gasteiger partial charge in [0.1, 0.15) is 5.65 Å². The number of rotatable bonds is 5. The molecule has 7 nitrogen and oxygen atoms in total. The lowest BCUT2D eigenvalue weighted by Gasteiger charge is -2.12. The van der Waals surface area contributed by atoms with Crippen LogP contribution in [0.2, 0.25) is 0 Å². The second-order valence-electron chi connectivity index (χ2n) is 12.7. The molecule has 0 aliphatic carbocycles. The number of benzene rings is 6. The van der Waals surface area contributed by atoms with E-state index in [0.29, 0.717) is 23.0 Å². The molecule has 0 radical (unpaired) electrons. The Morgan fingerprint density at radius 2 is 1.10 bits per heavy atom. The number of hydrogen-bond donors (Lipinski definition) is 0. The van der Waals surface area contributed by atoms with E-state index in [1.807, 2.05) is 66.9 Å². The zero-order valence-corrected chi connectivity index (χ0v) is 27.7. The maximum Gasteiger partial charge on any atom is 0.164 e. The first-order valence-electron chi connectivity index (χ1n) is 17.0. The molecule has 4 heterocycles. The van der Waals surface area contributed by atoms with E-state index in [2.05, 4.69) is 100 Å². The van der Waals surface area contributed by atoms with Crippen LogP contribution in [0.15, 0.2) is 164 Å². The minimum Gasteiger partial charge on any atom is -0.309 e. The van der Waals surface area contributed by atoms with Crippen LogP contribution in [0.25, 0.3) is 89.3 Å². The molecule has 0 amide bonds. The molecule has 4 aromatic heterocycles. The van der Waals surface area contributed by atoms with Crippen molar-refractivity contribution in [2.75, 3.05) is 0 Å². The fraction of sp³-hybridized carbons (Fsp3) is 0. The highest BCUT2D eigenvalue weighted by atomic mass is 15.1. The fourth-order valence-corrected chi connectivity index (χ4v) is 7.32. The average Bonchev–Trinajstić information content (AvgIpc) is 3.74. The van der Waals surface area contributed by atoms with E-state index >= 15 is 0 Å². The van der Waals surface area contributed by atoms with Crippen molar-refractivity contribution in [3.8, 4) is 51.6 Å². The number of pyridine rings is 1. The molecular formula is C45H27N7. The molecule has 0 saturated carbocycles. The SMILES string of the molecule is N#Cc1ccc(-c2nc(-c3ccccc3)nc(-c3cccc(-n4c5ncccc5c5ccc6c(c7ccccc7n6-c6ccccc6)c54)c3)n2)cc1. The molecule has 0 bridgehead atoms. The minimum atomic E-state index is 0.535. The Kier molecular flexibility index (Phi) is 6.73. The van der Waals surface area contributed by atoms with Crippen molar-refractivity contribution in [2.24, 2.45) is 0 Å². The summed E-state index contributed by atoms with van der Waals surface area (Å²) in [6, 6.07) is 55.5. The Morgan fingerprint density at radius 1 is 0.462 bits per heavy atom. The Labute approximate surface area is 298 Å². The van der Waals surface area contributed by atoms with Gasteiger partial charge in [-0.2, -0.15) is 5.26 Å². The first kappa shape index (κ1) is 29.5. The van der Waals surface area contributed by atoms with E-state index in [9.17, 15) is 5.26 Å². The zero-order chi connectivity index (χ0) is 34.6. The van der Waals surface area contributed by atoms with Crippen LogP contribution < -0.4 is 0 Å². The van der Waals surface area contributed by atoms with Crippen LogP contribution in [0.1, 0.15) is 5.56 Å². The van der Waals surface area contributed by atoms with Gasteiger partial charge in [-0.25, -0.2) is 19.9 Å². The van der Waals surface area contributed by atoms with Gasteiger partial charge < -0.3 is 4.57 Å². The molecule has 0 spiro atoms. The number of nitrogens with zero attached hydrogens (tertiary/aromatic N) is 7. The third-order valence-corrected chi connectivity index (χ3v) is 9.64. The van der Waals surface area contributed by atoms with E-state index in [0.717, 1.165) is 66.4 Å². The van der Waals surface area contributed by atoms with Gasteiger partial charge in [-0.05, 0) is 72.8 Å². The molecule has 0 saturated heterocycles. The van der Waals surface area contributed by atoms with E-state index in [-0.39, 0.29) is 0 Å². The Bertz CT molecular complexity index is 3010. The highest BCUT2D eigenvalue weighted by Gasteiger charge is 2.22. The van der Waals surface area contributed by atoms with Crippen molar-refractivity contribution in [3.05, 3.63) is 169 Å². The standard InChI is InChI=1S/C45H27N7/c46-28-29-20-22-31(23-21-29)43-48-42(30-11-3-1-4-12-30)49-44(50-43)32-13-9-16-34(27-32)52-41-35(36-18-10-26-47-45(36)52)24-25-39-40(41)37-17-7-8-19-38(37)51(39)33-14-5-2-6-15-33/h1-27H. The lowest BCUT2D eigenvalue weighted by molar-refractivity contribution is 1.07. The van der Waals surface area contributed by atoms with Gasteiger partial charge in [-0.15, -0.1) is 0 Å². The summed E-state index contributed by atoms with van der Waals surface area (Å²) in [5.41, 5.74) is 9.40. The molecule has 7 heteroatoms. The van der Waals surface area contributed by atoms with Gasteiger partial charge in [-0.3, -0.25) is 4.57 Å². The van der Waals surface area contributed by atoms with Crippen LogP contribution in [-0.4, -0.2) is 29.1 Å². The molecule has 52 heavy (non-hydrogen) atoms. The largest absolute Gasteiger partial charge is 0.309 e. The summed E-state index contributed by atoms with van der Waals surface area (Å²) >= 11 is 0. The van der Waals surface area contributed by atoms with Crippen molar-refractivity contribution in [1.29, 1.82) is 5.26 Å². The molecule has 10 aromatic rings. The first-order chi connectivity index (χ1) is 25.7. The summed E-state index contributed by atoms with van der Waals surface area (Å²) in [7, 11) is 0. The monoisotopic (exact) mass is 665 g/mol. The maximum absolute atomic E-state index is 9.39. The third-order valence-electron chi connectivity index (χ3n) is 9.64. The van der Waals surface area contributed by atoms with Crippen molar-refractivity contribution >= 4 is 43.7 Å². The molecule has 0 unspecified atom stereocenters. The Balaban J connectivity index is 1.24. The minimum absolute atomic E-state index is 0.535. The normalized spacial score (nSPS) is 11.4. The Hall–Kier alpha value is -7.43. The van der Waals surface area contributed by atoms with Crippen LogP contribution >= 0.6 is 0 Å². The van der Waals surface area contributed by atoms with Crippen molar-refractivity contribution < 1.29 is 0 Å². The van der Waals surface area contributed by atoms with Crippen LogP contribution in [0, 0.1) is 11.3 Å². The van der Waals surface area contributed by atoms with Crippen LogP contribution in [0.4, 0.5) is 0 Å². The molecule has 0 N–H and O–H groups in total. The van der Waals surface area contributed by atoms with Gasteiger partial charge in [0.25, 0.3) is 0 Å². The molecule has 10 rings (SSSR count). The average molecular weight is 666 g/mol. The molecular weight excluding hydrogens is 639 g/mol. The zero-order valence-electron chi connectivity index (χ0n) is 27.7. The second-order valence-corrected chi connectivity index (χ2v) is 12.7. The number of fused-ring (bicyclic) bond motifs is 7.